The Balaban J connectivity index is 1.87. The quantitative estimate of drug-likeness (QED) is 0.866. The van der Waals surface area contributed by atoms with Gasteiger partial charge in [-0.3, -0.25) is 9.59 Å². The summed E-state index contributed by atoms with van der Waals surface area (Å²) in [6, 6.07) is 8.32. The van der Waals surface area contributed by atoms with Crippen LogP contribution in [0.15, 0.2) is 33.9 Å². The average Bonchev–Trinajstić information content (AvgIpc) is 2.56. The van der Waals surface area contributed by atoms with Crippen molar-refractivity contribution in [2.75, 3.05) is 5.32 Å². The zero-order chi connectivity index (χ0) is 16.6. The van der Waals surface area contributed by atoms with Gasteiger partial charge in [0.25, 0.3) is 0 Å². The first-order chi connectivity index (χ1) is 11.0. The van der Waals surface area contributed by atoms with E-state index in [1.165, 1.54) is 24.8 Å². The van der Waals surface area contributed by atoms with Gasteiger partial charge in [0.2, 0.25) is 10.9 Å². The van der Waals surface area contributed by atoms with Gasteiger partial charge in [0.05, 0.1) is 11.3 Å². The number of hydrogen-bond acceptors (Lipinski definition) is 3. The third-order valence-electron chi connectivity index (χ3n) is 5.22. The molecule has 2 aromatic carbocycles. The number of nitrogens with one attached hydrogen (secondary N) is 1. The van der Waals surface area contributed by atoms with Crippen LogP contribution in [0.4, 0.5) is 5.69 Å². The van der Waals surface area contributed by atoms with Gasteiger partial charge in [-0.15, -0.1) is 0 Å². The molecule has 3 nitrogen and oxygen atoms in total. The fourth-order valence-corrected chi connectivity index (χ4v) is 3.56. The fourth-order valence-electron chi connectivity index (χ4n) is 3.56. The van der Waals surface area contributed by atoms with Crippen molar-refractivity contribution in [3.8, 4) is 11.1 Å². The SMILES string of the molecule is CC(C)c1ccc(-c2c(N[C@@H]3CCCC[C@@H]3C)c(=O)c2=O)cc1. The summed E-state index contributed by atoms with van der Waals surface area (Å²) in [7, 11) is 0. The molecule has 23 heavy (non-hydrogen) atoms. The topological polar surface area (TPSA) is 46.2 Å². The predicted molar refractivity (Wildman–Crippen MR) is 95.9 cm³/mol. The Morgan fingerprint density at radius 3 is 2.26 bits per heavy atom. The molecule has 0 amide bonds. The Bertz CT molecular complexity index is 751. The molecule has 0 heterocycles. The lowest BCUT2D eigenvalue weighted by Crippen LogP contribution is -2.41. The van der Waals surface area contributed by atoms with Crippen molar-refractivity contribution in [3.63, 3.8) is 0 Å². The molecule has 0 saturated heterocycles. The van der Waals surface area contributed by atoms with Crippen molar-refractivity contribution < 1.29 is 0 Å². The molecule has 3 rings (SSSR count). The van der Waals surface area contributed by atoms with Crippen LogP contribution in [-0.4, -0.2) is 6.04 Å². The zero-order valence-corrected chi connectivity index (χ0v) is 14.2. The van der Waals surface area contributed by atoms with Crippen molar-refractivity contribution >= 4 is 5.69 Å². The standard InChI is InChI=1S/C20H25NO2/c1-12(2)14-8-10-15(11-9-14)17-18(20(23)19(17)22)21-16-7-5-4-6-13(16)3/h8-13,16,21H,4-7H2,1-3H3/t13-,16+/m0/s1. The second-order valence-corrected chi connectivity index (χ2v) is 7.20. The van der Waals surface area contributed by atoms with E-state index < -0.39 is 0 Å². The van der Waals surface area contributed by atoms with Gasteiger partial charge in [-0.05, 0) is 35.8 Å². The Morgan fingerprint density at radius 2 is 1.65 bits per heavy atom. The Morgan fingerprint density at radius 1 is 1.00 bits per heavy atom. The Hall–Kier alpha value is -1.90. The van der Waals surface area contributed by atoms with E-state index in [-0.39, 0.29) is 10.9 Å². The molecular weight excluding hydrogens is 286 g/mol. The minimum absolute atomic E-state index is 0.306. The normalized spacial score (nSPS) is 21.7. The summed E-state index contributed by atoms with van der Waals surface area (Å²) >= 11 is 0. The molecule has 0 aromatic heterocycles. The maximum atomic E-state index is 12.1. The summed E-state index contributed by atoms with van der Waals surface area (Å²) in [6.45, 7) is 6.51. The van der Waals surface area contributed by atoms with Crippen LogP contribution in [0.2, 0.25) is 0 Å². The Kier molecular flexibility index (Phi) is 4.38. The summed E-state index contributed by atoms with van der Waals surface area (Å²) in [4.78, 5) is 24.1. The van der Waals surface area contributed by atoms with Gasteiger partial charge in [0, 0.05) is 6.04 Å². The average molecular weight is 311 g/mol. The molecular formula is C20H25NO2. The predicted octanol–water partition coefficient (Wildman–Crippen LogP) is 4.06. The largest absolute Gasteiger partial charge is 0.378 e. The second kappa shape index (κ2) is 6.31. The van der Waals surface area contributed by atoms with Gasteiger partial charge in [0.1, 0.15) is 0 Å². The number of rotatable bonds is 4. The molecule has 2 atom stereocenters. The summed E-state index contributed by atoms with van der Waals surface area (Å²) in [5.41, 5.74) is 2.49. The lowest BCUT2D eigenvalue weighted by molar-refractivity contribution is 0.349. The summed E-state index contributed by atoms with van der Waals surface area (Å²) in [5.74, 6) is 1.00. The monoisotopic (exact) mass is 311 g/mol. The smallest absolute Gasteiger partial charge is 0.250 e. The van der Waals surface area contributed by atoms with E-state index >= 15 is 0 Å². The third-order valence-corrected chi connectivity index (χ3v) is 5.22. The molecule has 0 radical (unpaired) electrons. The van der Waals surface area contributed by atoms with E-state index in [1.54, 1.807) is 0 Å². The molecule has 0 unspecified atom stereocenters. The number of anilines is 1. The van der Waals surface area contributed by atoms with E-state index in [0.717, 1.165) is 12.0 Å². The maximum absolute atomic E-state index is 12.1. The van der Waals surface area contributed by atoms with Crippen molar-refractivity contribution in [1.29, 1.82) is 0 Å². The number of benzene rings is 1. The van der Waals surface area contributed by atoms with Gasteiger partial charge in [-0.25, -0.2) is 0 Å². The zero-order valence-electron chi connectivity index (χ0n) is 14.2. The molecule has 0 aliphatic heterocycles. The van der Waals surface area contributed by atoms with Crippen molar-refractivity contribution in [2.24, 2.45) is 5.92 Å². The molecule has 1 aliphatic rings. The van der Waals surface area contributed by atoms with E-state index in [4.69, 9.17) is 0 Å². The van der Waals surface area contributed by atoms with Crippen molar-refractivity contribution in [3.05, 3.63) is 50.3 Å². The maximum Gasteiger partial charge on any atom is 0.250 e. The highest BCUT2D eigenvalue weighted by atomic mass is 16.2. The highest BCUT2D eigenvalue weighted by molar-refractivity contribution is 5.82. The van der Waals surface area contributed by atoms with E-state index in [2.05, 4.69) is 26.1 Å². The highest BCUT2D eigenvalue weighted by Gasteiger charge is 2.27. The van der Waals surface area contributed by atoms with Crippen LogP contribution in [0.3, 0.4) is 0 Å². The van der Waals surface area contributed by atoms with Gasteiger partial charge >= 0.3 is 0 Å². The highest BCUT2D eigenvalue weighted by Crippen LogP contribution is 2.30. The van der Waals surface area contributed by atoms with Crippen LogP contribution >= 0.6 is 0 Å². The van der Waals surface area contributed by atoms with Crippen molar-refractivity contribution in [1.82, 2.24) is 0 Å². The minimum Gasteiger partial charge on any atom is -0.378 e. The first kappa shape index (κ1) is 16.0. The van der Waals surface area contributed by atoms with Gasteiger partial charge in [-0.1, -0.05) is 57.9 Å². The molecule has 1 saturated carbocycles. The van der Waals surface area contributed by atoms with Crippen LogP contribution in [-0.2, 0) is 0 Å². The molecule has 1 aliphatic carbocycles. The summed E-state index contributed by atoms with van der Waals surface area (Å²) in [6.07, 6.45) is 4.71. The first-order valence-electron chi connectivity index (χ1n) is 8.69. The molecule has 122 valence electrons. The van der Waals surface area contributed by atoms with Gasteiger partial charge in [0.15, 0.2) is 0 Å². The molecule has 0 bridgehead atoms. The van der Waals surface area contributed by atoms with Crippen LogP contribution in [0, 0.1) is 5.92 Å². The number of hydrogen-bond donors (Lipinski definition) is 1. The van der Waals surface area contributed by atoms with E-state index in [0.29, 0.717) is 29.1 Å². The third kappa shape index (κ3) is 2.97. The van der Waals surface area contributed by atoms with Crippen LogP contribution < -0.4 is 16.2 Å². The molecule has 2 aromatic rings. The lowest BCUT2D eigenvalue weighted by Gasteiger charge is -2.31. The van der Waals surface area contributed by atoms with E-state index in [9.17, 15) is 9.59 Å². The van der Waals surface area contributed by atoms with Gasteiger partial charge in [-0.2, -0.15) is 0 Å². The second-order valence-electron chi connectivity index (χ2n) is 7.20. The minimum atomic E-state index is -0.356. The Labute approximate surface area is 137 Å². The molecule has 0 spiro atoms. The molecule has 1 N–H and O–H groups in total. The fraction of sp³-hybridized carbons (Fsp3) is 0.500. The van der Waals surface area contributed by atoms with Crippen LogP contribution in [0.1, 0.15) is 57.9 Å². The molecule has 1 fully saturated rings. The van der Waals surface area contributed by atoms with Gasteiger partial charge < -0.3 is 5.32 Å². The summed E-state index contributed by atoms with van der Waals surface area (Å²) < 4.78 is 0. The van der Waals surface area contributed by atoms with E-state index in [1.807, 2.05) is 24.3 Å². The van der Waals surface area contributed by atoms with Crippen LogP contribution in [0.25, 0.3) is 11.1 Å². The molecule has 3 heteroatoms. The first-order valence-corrected chi connectivity index (χ1v) is 8.69. The lowest BCUT2D eigenvalue weighted by atomic mass is 9.85. The van der Waals surface area contributed by atoms with Crippen LogP contribution in [0.5, 0.6) is 0 Å². The summed E-state index contributed by atoms with van der Waals surface area (Å²) in [5, 5.41) is 3.38. The van der Waals surface area contributed by atoms with Crippen molar-refractivity contribution in [2.45, 2.75) is 58.4 Å².